The SMILES string of the molecule is Cc1cc(C)c2nc(-n3nc(C)cc3NC(=O)Nc3ccccc3)cc(C)c2c1. The maximum atomic E-state index is 12.5. The molecule has 2 N–H and O–H groups in total. The van der Waals surface area contributed by atoms with Gasteiger partial charge in [-0.15, -0.1) is 0 Å². The summed E-state index contributed by atoms with van der Waals surface area (Å²) >= 11 is 0. The van der Waals surface area contributed by atoms with E-state index in [2.05, 4.69) is 48.6 Å². The van der Waals surface area contributed by atoms with E-state index in [9.17, 15) is 4.79 Å². The lowest BCUT2D eigenvalue weighted by Gasteiger charge is -2.13. The van der Waals surface area contributed by atoms with Gasteiger partial charge < -0.3 is 5.32 Å². The van der Waals surface area contributed by atoms with E-state index in [1.165, 1.54) is 5.56 Å². The van der Waals surface area contributed by atoms with Crippen LogP contribution in [0.15, 0.2) is 54.6 Å². The maximum absolute atomic E-state index is 12.5. The Hall–Kier alpha value is -3.67. The predicted octanol–water partition coefficient (Wildman–Crippen LogP) is 5.30. The van der Waals surface area contributed by atoms with Crippen LogP contribution in [-0.2, 0) is 0 Å². The highest BCUT2D eigenvalue weighted by Gasteiger charge is 2.14. The number of aryl methyl sites for hydroxylation is 4. The van der Waals surface area contributed by atoms with Crippen molar-refractivity contribution < 1.29 is 4.79 Å². The minimum absolute atomic E-state index is 0.332. The highest BCUT2D eigenvalue weighted by atomic mass is 16.2. The average molecular weight is 385 g/mol. The van der Waals surface area contributed by atoms with Crippen LogP contribution in [0.25, 0.3) is 16.7 Å². The first kappa shape index (κ1) is 18.7. The van der Waals surface area contributed by atoms with Gasteiger partial charge in [-0.2, -0.15) is 9.78 Å². The zero-order valence-electron chi connectivity index (χ0n) is 16.9. The maximum Gasteiger partial charge on any atom is 0.324 e. The molecule has 0 aliphatic rings. The smallest absolute Gasteiger partial charge is 0.308 e. The Bertz CT molecular complexity index is 1210. The zero-order valence-corrected chi connectivity index (χ0v) is 16.9. The molecule has 146 valence electrons. The molecule has 0 radical (unpaired) electrons. The molecular formula is C23H23N5O. The van der Waals surface area contributed by atoms with E-state index in [1.807, 2.05) is 49.4 Å². The molecule has 2 aromatic heterocycles. The number of hydrogen-bond donors (Lipinski definition) is 2. The molecule has 4 aromatic rings. The molecule has 0 saturated heterocycles. The molecule has 2 amide bonds. The summed E-state index contributed by atoms with van der Waals surface area (Å²) in [4.78, 5) is 17.3. The number of nitrogens with one attached hydrogen (secondary N) is 2. The average Bonchev–Trinajstić information content (AvgIpc) is 3.03. The first-order valence-corrected chi connectivity index (χ1v) is 9.49. The number of urea groups is 1. The molecule has 0 saturated carbocycles. The summed E-state index contributed by atoms with van der Waals surface area (Å²) in [6.07, 6.45) is 0. The highest BCUT2D eigenvalue weighted by Crippen LogP contribution is 2.26. The number of fused-ring (bicyclic) bond motifs is 1. The second-order valence-corrected chi connectivity index (χ2v) is 7.30. The van der Waals surface area contributed by atoms with Gasteiger partial charge in [-0.1, -0.05) is 29.8 Å². The lowest BCUT2D eigenvalue weighted by Crippen LogP contribution is -2.21. The number of anilines is 2. The summed E-state index contributed by atoms with van der Waals surface area (Å²) in [7, 11) is 0. The van der Waals surface area contributed by atoms with Gasteiger partial charge in [0.05, 0.1) is 11.2 Å². The second-order valence-electron chi connectivity index (χ2n) is 7.30. The Morgan fingerprint density at radius 1 is 0.897 bits per heavy atom. The topological polar surface area (TPSA) is 71.8 Å². The molecule has 0 spiro atoms. The van der Waals surface area contributed by atoms with Crippen LogP contribution in [0, 0.1) is 27.7 Å². The van der Waals surface area contributed by atoms with E-state index in [-0.39, 0.29) is 6.03 Å². The van der Waals surface area contributed by atoms with Gasteiger partial charge in [0, 0.05) is 17.1 Å². The summed E-state index contributed by atoms with van der Waals surface area (Å²) < 4.78 is 1.67. The molecule has 29 heavy (non-hydrogen) atoms. The standard InChI is InChI=1S/C23H23N5O/c1-14-10-16(3)22-19(11-14)15(2)12-20(25-22)28-21(13-17(4)27-28)26-23(29)24-18-8-6-5-7-9-18/h5-13H,1-4H3,(H2,24,26,29). The zero-order chi connectivity index (χ0) is 20.5. The van der Waals surface area contributed by atoms with Gasteiger partial charge in [-0.3, -0.25) is 5.32 Å². The minimum atomic E-state index is -0.332. The quantitative estimate of drug-likeness (QED) is 0.503. The summed E-state index contributed by atoms with van der Waals surface area (Å²) in [5, 5.41) is 11.4. The van der Waals surface area contributed by atoms with Crippen molar-refractivity contribution in [1.82, 2.24) is 14.8 Å². The predicted molar refractivity (Wildman–Crippen MR) is 117 cm³/mol. The molecule has 0 fully saturated rings. The fourth-order valence-electron chi connectivity index (χ4n) is 3.50. The number of carbonyl (C=O) groups excluding carboxylic acids is 1. The van der Waals surface area contributed by atoms with Crippen LogP contribution >= 0.6 is 0 Å². The fraction of sp³-hybridized carbons (Fsp3) is 0.174. The van der Waals surface area contributed by atoms with Crippen molar-refractivity contribution in [2.75, 3.05) is 10.6 Å². The molecule has 6 nitrogen and oxygen atoms in total. The molecule has 0 atom stereocenters. The number of pyridine rings is 1. The van der Waals surface area contributed by atoms with Crippen molar-refractivity contribution >= 4 is 28.4 Å². The number of rotatable bonds is 3. The Morgan fingerprint density at radius 3 is 2.41 bits per heavy atom. The number of hydrogen-bond acceptors (Lipinski definition) is 3. The number of nitrogens with zero attached hydrogens (tertiary/aromatic N) is 3. The Labute approximate surface area is 169 Å². The van der Waals surface area contributed by atoms with Crippen molar-refractivity contribution in [3.8, 4) is 5.82 Å². The van der Waals surface area contributed by atoms with E-state index in [1.54, 1.807) is 4.68 Å². The number of benzene rings is 2. The Balaban J connectivity index is 1.70. The van der Waals surface area contributed by atoms with Gasteiger partial charge >= 0.3 is 6.03 Å². The molecule has 2 heterocycles. The third-order valence-corrected chi connectivity index (χ3v) is 4.76. The lowest BCUT2D eigenvalue weighted by molar-refractivity contribution is 0.262. The summed E-state index contributed by atoms with van der Waals surface area (Å²) in [6, 6.07) is 17.1. The largest absolute Gasteiger partial charge is 0.324 e. The van der Waals surface area contributed by atoms with Gasteiger partial charge in [-0.25, -0.2) is 9.78 Å². The van der Waals surface area contributed by atoms with Crippen LogP contribution in [0.5, 0.6) is 0 Å². The summed E-state index contributed by atoms with van der Waals surface area (Å²) in [5.74, 6) is 1.23. The minimum Gasteiger partial charge on any atom is -0.308 e. The van der Waals surface area contributed by atoms with E-state index in [0.717, 1.165) is 33.4 Å². The first-order chi connectivity index (χ1) is 13.9. The molecule has 2 aromatic carbocycles. The van der Waals surface area contributed by atoms with Crippen LogP contribution in [0.2, 0.25) is 0 Å². The van der Waals surface area contributed by atoms with Crippen LogP contribution < -0.4 is 10.6 Å². The van der Waals surface area contributed by atoms with Crippen LogP contribution in [0.1, 0.15) is 22.4 Å². The van der Waals surface area contributed by atoms with E-state index < -0.39 is 0 Å². The Kier molecular flexibility index (Phi) is 4.76. The highest BCUT2D eigenvalue weighted by molar-refractivity contribution is 5.99. The monoisotopic (exact) mass is 385 g/mol. The Morgan fingerprint density at radius 2 is 1.66 bits per heavy atom. The van der Waals surface area contributed by atoms with Gasteiger partial charge in [0.2, 0.25) is 0 Å². The van der Waals surface area contributed by atoms with E-state index in [4.69, 9.17) is 4.98 Å². The number of amides is 2. The summed E-state index contributed by atoms with van der Waals surface area (Å²) in [5.41, 5.74) is 5.90. The van der Waals surface area contributed by atoms with Crippen molar-refractivity contribution in [3.05, 3.63) is 77.0 Å². The number of aromatic nitrogens is 3. The van der Waals surface area contributed by atoms with Gasteiger partial charge in [-0.05, 0) is 63.1 Å². The van der Waals surface area contributed by atoms with Crippen molar-refractivity contribution in [2.24, 2.45) is 0 Å². The molecule has 0 bridgehead atoms. The van der Waals surface area contributed by atoms with E-state index >= 15 is 0 Å². The van der Waals surface area contributed by atoms with E-state index in [0.29, 0.717) is 11.6 Å². The van der Waals surface area contributed by atoms with Crippen molar-refractivity contribution in [1.29, 1.82) is 0 Å². The first-order valence-electron chi connectivity index (χ1n) is 9.49. The van der Waals surface area contributed by atoms with Crippen molar-refractivity contribution in [2.45, 2.75) is 27.7 Å². The molecule has 0 aliphatic heterocycles. The number of para-hydroxylation sites is 1. The molecule has 0 aliphatic carbocycles. The third-order valence-electron chi connectivity index (χ3n) is 4.76. The second kappa shape index (κ2) is 7.39. The van der Waals surface area contributed by atoms with Crippen LogP contribution in [0.4, 0.5) is 16.3 Å². The summed E-state index contributed by atoms with van der Waals surface area (Å²) in [6.45, 7) is 8.10. The third kappa shape index (κ3) is 3.82. The fourth-order valence-corrected chi connectivity index (χ4v) is 3.50. The molecule has 6 heteroatoms. The lowest BCUT2D eigenvalue weighted by atomic mass is 10.0. The molecular weight excluding hydrogens is 362 g/mol. The van der Waals surface area contributed by atoms with Gasteiger partial charge in [0.25, 0.3) is 0 Å². The number of carbonyl (C=O) groups is 1. The normalized spacial score (nSPS) is 10.9. The van der Waals surface area contributed by atoms with Crippen LogP contribution in [0.3, 0.4) is 0 Å². The molecule has 0 unspecified atom stereocenters. The molecule has 4 rings (SSSR count). The van der Waals surface area contributed by atoms with Crippen molar-refractivity contribution in [3.63, 3.8) is 0 Å². The van der Waals surface area contributed by atoms with Gasteiger partial charge in [0.1, 0.15) is 5.82 Å². The van der Waals surface area contributed by atoms with Gasteiger partial charge in [0.15, 0.2) is 5.82 Å². The van der Waals surface area contributed by atoms with Crippen LogP contribution in [-0.4, -0.2) is 20.8 Å².